The molecule has 1 amide bonds. The number of amides is 1. The molecule has 0 aliphatic carbocycles. The second kappa shape index (κ2) is 6.11. The van der Waals surface area contributed by atoms with Gasteiger partial charge in [0.25, 0.3) is 11.6 Å². The third kappa shape index (κ3) is 2.90. The second-order valence-corrected chi connectivity index (χ2v) is 6.92. The average molecular weight is 370 g/mol. The van der Waals surface area contributed by atoms with Crippen molar-refractivity contribution in [3.63, 3.8) is 0 Å². The van der Waals surface area contributed by atoms with Crippen LogP contribution >= 0.6 is 22.7 Å². The van der Waals surface area contributed by atoms with E-state index in [0.29, 0.717) is 16.3 Å². The zero-order chi connectivity index (χ0) is 17.4. The van der Waals surface area contributed by atoms with Crippen molar-refractivity contribution in [1.82, 2.24) is 9.38 Å². The lowest BCUT2D eigenvalue weighted by molar-refractivity contribution is -0.384. The van der Waals surface area contributed by atoms with Crippen LogP contribution in [0.3, 0.4) is 0 Å². The highest BCUT2D eigenvalue weighted by Crippen LogP contribution is 2.27. The van der Waals surface area contributed by atoms with Crippen LogP contribution < -0.4 is 5.32 Å². The average Bonchev–Trinajstić information content (AvgIpc) is 3.31. The van der Waals surface area contributed by atoms with Gasteiger partial charge in [0.05, 0.1) is 9.80 Å². The molecule has 7 nitrogen and oxygen atoms in total. The molecule has 4 aromatic rings. The molecule has 0 radical (unpaired) electrons. The van der Waals surface area contributed by atoms with Gasteiger partial charge in [-0.25, -0.2) is 4.98 Å². The minimum atomic E-state index is -0.498. The molecule has 0 aliphatic rings. The summed E-state index contributed by atoms with van der Waals surface area (Å²) >= 11 is 2.95. The predicted molar refractivity (Wildman–Crippen MR) is 97.4 cm³/mol. The summed E-state index contributed by atoms with van der Waals surface area (Å²) in [6, 6.07) is 9.76. The van der Waals surface area contributed by atoms with Gasteiger partial charge in [-0.2, -0.15) is 0 Å². The van der Waals surface area contributed by atoms with Crippen molar-refractivity contribution >= 4 is 44.9 Å². The van der Waals surface area contributed by atoms with E-state index in [1.807, 2.05) is 23.7 Å². The fourth-order valence-electron chi connectivity index (χ4n) is 2.38. The SMILES string of the molecule is O=C(Nc1cccc([N+](=O)[O-])c1)c1csc2nc(-c3cccs3)cn12. The zero-order valence-electron chi connectivity index (χ0n) is 12.6. The van der Waals surface area contributed by atoms with Gasteiger partial charge in [-0.3, -0.25) is 19.3 Å². The van der Waals surface area contributed by atoms with Crippen molar-refractivity contribution in [3.05, 3.63) is 69.2 Å². The molecule has 124 valence electrons. The van der Waals surface area contributed by atoms with Crippen LogP contribution in [0.25, 0.3) is 15.5 Å². The smallest absolute Gasteiger partial charge is 0.273 e. The number of carbonyl (C=O) groups is 1. The first kappa shape index (κ1) is 15.5. The van der Waals surface area contributed by atoms with Gasteiger partial charge in [0, 0.05) is 29.4 Å². The van der Waals surface area contributed by atoms with Crippen molar-refractivity contribution in [2.45, 2.75) is 0 Å². The third-order valence-corrected chi connectivity index (χ3v) is 5.26. The van der Waals surface area contributed by atoms with Crippen molar-refractivity contribution in [1.29, 1.82) is 0 Å². The maximum Gasteiger partial charge on any atom is 0.273 e. The molecule has 0 aliphatic heterocycles. The zero-order valence-corrected chi connectivity index (χ0v) is 14.2. The van der Waals surface area contributed by atoms with Crippen LogP contribution in [-0.2, 0) is 0 Å². The molecule has 0 spiro atoms. The quantitative estimate of drug-likeness (QED) is 0.429. The van der Waals surface area contributed by atoms with Crippen molar-refractivity contribution in [2.24, 2.45) is 0 Å². The number of hydrogen-bond acceptors (Lipinski definition) is 6. The Morgan fingerprint density at radius 3 is 2.88 bits per heavy atom. The fraction of sp³-hybridized carbons (Fsp3) is 0. The van der Waals surface area contributed by atoms with Crippen LogP contribution in [0.4, 0.5) is 11.4 Å². The number of benzene rings is 1. The number of nitro benzene ring substituents is 1. The van der Waals surface area contributed by atoms with Gasteiger partial charge < -0.3 is 5.32 Å². The van der Waals surface area contributed by atoms with Crippen LogP contribution in [0, 0.1) is 10.1 Å². The van der Waals surface area contributed by atoms with Crippen molar-refractivity contribution < 1.29 is 9.72 Å². The maximum atomic E-state index is 12.5. The summed E-state index contributed by atoms with van der Waals surface area (Å²) in [6.07, 6.45) is 1.82. The fourth-order valence-corrected chi connectivity index (χ4v) is 3.92. The molecule has 9 heteroatoms. The maximum absolute atomic E-state index is 12.5. The van der Waals surface area contributed by atoms with E-state index < -0.39 is 4.92 Å². The standard InChI is InChI=1S/C16H10N4O3S2/c21-15(17-10-3-1-4-11(7-10)20(22)23)13-9-25-16-18-12(8-19(13)16)14-5-2-6-24-14/h1-9H,(H,17,21). The third-order valence-electron chi connectivity index (χ3n) is 3.53. The topological polar surface area (TPSA) is 89.5 Å². The molecule has 1 aromatic carbocycles. The van der Waals surface area contributed by atoms with E-state index in [1.54, 1.807) is 27.2 Å². The molecule has 0 unspecified atom stereocenters. The highest BCUT2D eigenvalue weighted by atomic mass is 32.1. The first-order chi connectivity index (χ1) is 12.1. The summed E-state index contributed by atoms with van der Waals surface area (Å²) in [5.41, 5.74) is 1.54. The molecule has 0 saturated heterocycles. The Kier molecular flexibility index (Phi) is 3.79. The van der Waals surface area contributed by atoms with E-state index in [9.17, 15) is 14.9 Å². The number of aromatic nitrogens is 2. The summed E-state index contributed by atoms with van der Waals surface area (Å²) in [5, 5.41) is 17.2. The van der Waals surface area contributed by atoms with Crippen LogP contribution in [0.1, 0.15) is 10.5 Å². The summed E-state index contributed by atoms with van der Waals surface area (Å²) in [6.45, 7) is 0. The van der Waals surface area contributed by atoms with E-state index in [1.165, 1.54) is 29.5 Å². The van der Waals surface area contributed by atoms with Crippen LogP contribution in [0.2, 0.25) is 0 Å². The van der Waals surface area contributed by atoms with Gasteiger partial charge >= 0.3 is 0 Å². The number of nitrogens with zero attached hydrogens (tertiary/aromatic N) is 3. The van der Waals surface area contributed by atoms with Gasteiger partial charge in [0.15, 0.2) is 4.96 Å². The Balaban J connectivity index is 1.64. The molecule has 4 rings (SSSR count). The number of imidazole rings is 1. The van der Waals surface area contributed by atoms with Gasteiger partial charge in [-0.1, -0.05) is 12.1 Å². The molecular weight excluding hydrogens is 360 g/mol. The van der Waals surface area contributed by atoms with E-state index in [0.717, 1.165) is 10.6 Å². The number of non-ortho nitro benzene ring substituents is 1. The lowest BCUT2D eigenvalue weighted by atomic mass is 10.2. The van der Waals surface area contributed by atoms with Crippen LogP contribution in [0.5, 0.6) is 0 Å². The summed E-state index contributed by atoms with van der Waals surface area (Å²) in [4.78, 5) is 29.2. The van der Waals surface area contributed by atoms with Gasteiger partial charge in [0.1, 0.15) is 11.4 Å². The minimum Gasteiger partial charge on any atom is -0.320 e. The Bertz CT molecular complexity index is 1080. The number of anilines is 1. The predicted octanol–water partition coefficient (Wildman–Crippen LogP) is 4.28. The molecule has 0 saturated carbocycles. The molecule has 0 atom stereocenters. The number of thiophene rings is 1. The Hall–Kier alpha value is -3.04. The number of rotatable bonds is 4. The van der Waals surface area contributed by atoms with E-state index in [2.05, 4.69) is 10.3 Å². The lowest BCUT2D eigenvalue weighted by Gasteiger charge is -2.04. The Morgan fingerprint density at radius 2 is 2.12 bits per heavy atom. The van der Waals surface area contributed by atoms with Crippen LogP contribution in [-0.4, -0.2) is 20.2 Å². The monoisotopic (exact) mass is 370 g/mol. The summed E-state index contributed by atoms with van der Waals surface area (Å²) in [7, 11) is 0. The summed E-state index contributed by atoms with van der Waals surface area (Å²) < 4.78 is 1.73. The van der Waals surface area contributed by atoms with Crippen LogP contribution in [0.15, 0.2) is 53.4 Å². The highest BCUT2D eigenvalue weighted by Gasteiger charge is 2.16. The van der Waals surface area contributed by atoms with Gasteiger partial charge in [-0.15, -0.1) is 22.7 Å². The molecule has 25 heavy (non-hydrogen) atoms. The first-order valence-electron chi connectivity index (χ1n) is 7.18. The number of nitro groups is 1. The minimum absolute atomic E-state index is 0.0733. The van der Waals surface area contributed by atoms with E-state index in [4.69, 9.17) is 0 Å². The molecule has 0 fully saturated rings. The molecule has 3 aromatic heterocycles. The van der Waals surface area contributed by atoms with Gasteiger partial charge in [-0.05, 0) is 17.5 Å². The second-order valence-electron chi connectivity index (χ2n) is 5.14. The Morgan fingerprint density at radius 1 is 1.24 bits per heavy atom. The van der Waals surface area contributed by atoms with E-state index >= 15 is 0 Å². The molecule has 3 heterocycles. The normalized spacial score (nSPS) is 10.9. The molecule has 1 N–H and O–H groups in total. The highest BCUT2D eigenvalue weighted by molar-refractivity contribution is 7.15. The Labute approximate surface area is 149 Å². The largest absolute Gasteiger partial charge is 0.320 e. The summed E-state index contributed by atoms with van der Waals surface area (Å²) in [5.74, 6) is -0.345. The molecular formula is C16H10N4O3S2. The number of fused-ring (bicyclic) bond motifs is 1. The van der Waals surface area contributed by atoms with E-state index in [-0.39, 0.29) is 11.6 Å². The van der Waals surface area contributed by atoms with Crippen molar-refractivity contribution in [2.75, 3.05) is 5.32 Å². The number of thiazole rings is 1. The number of carbonyl (C=O) groups excluding carboxylic acids is 1. The lowest BCUT2D eigenvalue weighted by Crippen LogP contribution is -2.13. The molecule has 0 bridgehead atoms. The number of nitrogens with one attached hydrogen (secondary N) is 1. The number of hydrogen-bond donors (Lipinski definition) is 1. The first-order valence-corrected chi connectivity index (χ1v) is 8.94. The van der Waals surface area contributed by atoms with Gasteiger partial charge in [0.2, 0.25) is 0 Å². The van der Waals surface area contributed by atoms with Crippen molar-refractivity contribution in [3.8, 4) is 10.6 Å².